The summed E-state index contributed by atoms with van der Waals surface area (Å²) in [5, 5.41) is 7.06. The van der Waals surface area contributed by atoms with E-state index in [4.69, 9.17) is 0 Å². The number of hydrogen-bond donors (Lipinski definition) is 2. The summed E-state index contributed by atoms with van der Waals surface area (Å²) >= 11 is 3.38. The highest BCUT2D eigenvalue weighted by atomic mass is 79.9. The first-order valence-electron chi connectivity index (χ1n) is 6.03. The van der Waals surface area contributed by atoms with Gasteiger partial charge >= 0.3 is 0 Å². The van der Waals surface area contributed by atoms with Gasteiger partial charge in [0.1, 0.15) is 0 Å². The van der Waals surface area contributed by atoms with Gasteiger partial charge in [-0.2, -0.15) is 0 Å². The monoisotopic (exact) mass is 392 g/mol. The van der Waals surface area contributed by atoms with Crippen LogP contribution in [0.3, 0.4) is 0 Å². The SMILES string of the molecule is CS(=O)(=O)n1cc(Br)c2ccc(N=C3NCCN3)cc21.Cl. The van der Waals surface area contributed by atoms with E-state index in [1.165, 1.54) is 10.2 Å². The van der Waals surface area contributed by atoms with Gasteiger partial charge < -0.3 is 10.6 Å². The molecule has 1 fully saturated rings. The summed E-state index contributed by atoms with van der Waals surface area (Å²) in [7, 11) is -3.35. The molecule has 0 atom stereocenters. The van der Waals surface area contributed by atoms with Crippen LogP contribution in [-0.2, 0) is 10.0 Å². The first-order valence-corrected chi connectivity index (χ1v) is 8.67. The molecule has 1 saturated heterocycles. The number of nitrogens with one attached hydrogen (secondary N) is 2. The van der Waals surface area contributed by atoms with Gasteiger partial charge in [-0.3, -0.25) is 0 Å². The van der Waals surface area contributed by atoms with Gasteiger partial charge in [0.15, 0.2) is 5.96 Å². The van der Waals surface area contributed by atoms with Crippen molar-refractivity contribution in [2.24, 2.45) is 4.99 Å². The van der Waals surface area contributed by atoms with E-state index < -0.39 is 10.0 Å². The lowest BCUT2D eigenvalue weighted by Gasteiger charge is -2.03. The normalized spacial score (nSPS) is 14.5. The third-order valence-electron chi connectivity index (χ3n) is 3.01. The van der Waals surface area contributed by atoms with Gasteiger partial charge in [-0.15, -0.1) is 12.4 Å². The second kappa shape index (κ2) is 5.86. The van der Waals surface area contributed by atoms with Gasteiger partial charge in [-0.05, 0) is 34.1 Å². The highest BCUT2D eigenvalue weighted by molar-refractivity contribution is 9.10. The number of hydrogen-bond acceptors (Lipinski definition) is 3. The predicted molar refractivity (Wildman–Crippen MR) is 90.2 cm³/mol. The number of aromatic nitrogens is 1. The molecule has 0 bridgehead atoms. The molecule has 0 saturated carbocycles. The van der Waals surface area contributed by atoms with Gasteiger partial charge in [0.2, 0.25) is 10.0 Å². The maximum atomic E-state index is 11.8. The van der Waals surface area contributed by atoms with Crippen LogP contribution in [0, 0.1) is 0 Å². The molecule has 3 rings (SSSR count). The molecule has 114 valence electrons. The zero-order valence-corrected chi connectivity index (χ0v) is 14.3. The summed E-state index contributed by atoms with van der Waals surface area (Å²) in [5.41, 5.74) is 1.31. The largest absolute Gasteiger partial charge is 0.354 e. The summed E-state index contributed by atoms with van der Waals surface area (Å²) in [6.07, 6.45) is 2.74. The number of fused-ring (bicyclic) bond motifs is 1. The van der Waals surface area contributed by atoms with Gasteiger partial charge in [0, 0.05) is 29.1 Å². The Balaban J connectivity index is 0.00000161. The van der Waals surface area contributed by atoms with E-state index in [9.17, 15) is 8.42 Å². The van der Waals surface area contributed by atoms with Crippen LogP contribution in [0.4, 0.5) is 5.69 Å². The van der Waals surface area contributed by atoms with Gasteiger partial charge in [-0.25, -0.2) is 17.4 Å². The van der Waals surface area contributed by atoms with Crippen molar-refractivity contribution in [1.82, 2.24) is 14.6 Å². The summed E-state index contributed by atoms with van der Waals surface area (Å²) < 4.78 is 25.6. The molecule has 2 aromatic rings. The average molecular weight is 394 g/mol. The van der Waals surface area contributed by atoms with Crippen molar-refractivity contribution in [3.05, 3.63) is 28.9 Å². The van der Waals surface area contributed by atoms with Gasteiger partial charge in [-0.1, -0.05) is 0 Å². The molecule has 0 aliphatic carbocycles. The fraction of sp³-hybridized carbons (Fsp3) is 0.250. The molecule has 6 nitrogen and oxygen atoms in total. The number of aliphatic imine (C=N–C) groups is 1. The fourth-order valence-corrected chi connectivity index (χ4v) is 3.60. The summed E-state index contributed by atoms with van der Waals surface area (Å²) in [5.74, 6) is 0.709. The lowest BCUT2D eigenvalue weighted by molar-refractivity contribution is 0.595. The minimum atomic E-state index is -3.35. The van der Waals surface area contributed by atoms with Crippen LogP contribution < -0.4 is 10.6 Å². The second-order valence-electron chi connectivity index (χ2n) is 4.55. The molecule has 0 spiro atoms. The van der Waals surface area contributed by atoms with Crippen LogP contribution in [0.1, 0.15) is 0 Å². The Morgan fingerprint density at radius 1 is 1.29 bits per heavy atom. The van der Waals surface area contributed by atoms with Crippen molar-refractivity contribution in [2.75, 3.05) is 19.3 Å². The summed E-state index contributed by atoms with van der Waals surface area (Å²) in [4.78, 5) is 4.41. The quantitative estimate of drug-likeness (QED) is 0.816. The minimum Gasteiger partial charge on any atom is -0.354 e. The van der Waals surface area contributed by atoms with Crippen LogP contribution in [0.2, 0.25) is 0 Å². The van der Waals surface area contributed by atoms with E-state index in [-0.39, 0.29) is 12.4 Å². The molecule has 2 N–H and O–H groups in total. The van der Waals surface area contributed by atoms with E-state index in [2.05, 4.69) is 31.6 Å². The van der Waals surface area contributed by atoms with Crippen LogP contribution in [-0.4, -0.2) is 37.7 Å². The number of halogens is 2. The fourth-order valence-electron chi connectivity index (χ4n) is 2.12. The van der Waals surface area contributed by atoms with E-state index >= 15 is 0 Å². The third-order valence-corrected chi connectivity index (χ3v) is 4.66. The second-order valence-corrected chi connectivity index (χ2v) is 7.27. The lowest BCUT2D eigenvalue weighted by Crippen LogP contribution is -2.23. The van der Waals surface area contributed by atoms with E-state index in [1.807, 2.05) is 12.1 Å². The Labute approximate surface area is 137 Å². The average Bonchev–Trinajstić information content (AvgIpc) is 2.97. The van der Waals surface area contributed by atoms with Crippen LogP contribution in [0.25, 0.3) is 10.9 Å². The van der Waals surface area contributed by atoms with E-state index in [0.717, 1.165) is 22.9 Å². The Hall–Kier alpha value is -1.25. The van der Waals surface area contributed by atoms with Crippen molar-refractivity contribution in [1.29, 1.82) is 0 Å². The zero-order valence-electron chi connectivity index (χ0n) is 11.1. The van der Waals surface area contributed by atoms with Crippen molar-refractivity contribution in [3.8, 4) is 0 Å². The smallest absolute Gasteiger partial charge is 0.236 e. The molecule has 9 heteroatoms. The molecule has 1 aromatic heterocycles. The molecule has 2 heterocycles. The molecule has 0 unspecified atom stereocenters. The Morgan fingerprint density at radius 3 is 2.57 bits per heavy atom. The topological polar surface area (TPSA) is 75.5 Å². The maximum Gasteiger partial charge on any atom is 0.236 e. The summed E-state index contributed by atoms with van der Waals surface area (Å²) in [6.45, 7) is 1.68. The standard InChI is InChI=1S/C12H13BrN4O2S.ClH/c1-20(18,19)17-7-10(13)9-3-2-8(6-11(9)17)16-12-14-4-5-15-12;/h2-3,6-7H,4-5H2,1H3,(H2,14,15,16);1H. The molecule has 1 aromatic carbocycles. The number of benzene rings is 1. The molecule has 1 aliphatic rings. The third kappa shape index (κ3) is 3.17. The van der Waals surface area contributed by atoms with Crippen molar-refractivity contribution >= 4 is 60.9 Å². The first-order chi connectivity index (χ1) is 9.45. The number of nitrogens with zero attached hydrogens (tertiary/aromatic N) is 2. The van der Waals surface area contributed by atoms with Gasteiger partial charge in [0.25, 0.3) is 0 Å². The van der Waals surface area contributed by atoms with E-state index in [1.54, 1.807) is 12.3 Å². The van der Waals surface area contributed by atoms with Crippen LogP contribution >= 0.6 is 28.3 Å². The lowest BCUT2D eigenvalue weighted by atomic mass is 10.2. The molecule has 21 heavy (non-hydrogen) atoms. The highest BCUT2D eigenvalue weighted by Gasteiger charge is 2.14. The van der Waals surface area contributed by atoms with Gasteiger partial charge in [0.05, 0.1) is 17.5 Å². The molecular weight excluding hydrogens is 380 g/mol. The Kier molecular flexibility index (Phi) is 4.50. The van der Waals surface area contributed by atoms with Crippen LogP contribution in [0.15, 0.2) is 33.9 Å². The minimum absolute atomic E-state index is 0. The van der Waals surface area contributed by atoms with Crippen LogP contribution in [0.5, 0.6) is 0 Å². The molecule has 0 amide bonds. The van der Waals surface area contributed by atoms with Crippen molar-refractivity contribution in [2.45, 2.75) is 0 Å². The van der Waals surface area contributed by atoms with E-state index in [0.29, 0.717) is 17.2 Å². The summed E-state index contributed by atoms with van der Waals surface area (Å²) in [6, 6.07) is 5.47. The zero-order chi connectivity index (χ0) is 14.3. The first kappa shape index (κ1) is 16.1. The molecular formula is C12H14BrClN4O2S. The molecule has 0 radical (unpaired) electrons. The Bertz CT molecular complexity index is 808. The highest BCUT2D eigenvalue weighted by Crippen LogP contribution is 2.30. The maximum absolute atomic E-state index is 11.8. The van der Waals surface area contributed by atoms with Crippen molar-refractivity contribution < 1.29 is 8.42 Å². The number of guanidine groups is 1. The number of rotatable bonds is 2. The van der Waals surface area contributed by atoms with Crippen molar-refractivity contribution in [3.63, 3.8) is 0 Å². The Morgan fingerprint density at radius 2 is 1.95 bits per heavy atom. The predicted octanol–water partition coefficient (Wildman–Crippen LogP) is 1.81. The molecule has 1 aliphatic heterocycles.